The molecule has 4 rings (SSSR count). The van der Waals surface area contributed by atoms with E-state index in [2.05, 4.69) is 20.1 Å². The Balaban J connectivity index is 1.36. The number of hydrogen-bond donors (Lipinski definition) is 2. The zero-order chi connectivity index (χ0) is 19.5. The summed E-state index contributed by atoms with van der Waals surface area (Å²) in [6.45, 7) is 3.59. The number of nitrogens with zero attached hydrogens (tertiary/aromatic N) is 4. The second-order valence-electron chi connectivity index (χ2n) is 6.61. The number of benzene rings is 1. The van der Waals surface area contributed by atoms with E-state index in [9.17, 15) is 9.59 Å². The van der Waals surface area contributed by atoms with Gasteiger partial charge in [-0.25, -0.2) is 4.98 Å². The van der Waals surface area contributed by atoms with Crippen molar-refractivity contribution in [2.75, 3.05) is 26.2 Å². The van der Waals surface area contributed by atoms with E-state index in [0.717, 1.165) is 24.5 Å². The molecule has 0 bridgehead atoms. The summed E-state index contributed by atoms with van der Waals surface area (Å²) < 4.78 is 5.42. The van der Waals surface area contributed by atoms with E-state index in [1.807, 2.05) is 4.90 Å². The Morgan fingerprint density at radius 2 is 1.82 bits per heavy atom. The van der Waals surface area contributed by atoms with Crippen LogP contribution in [0.25, 0.3) is 11.3 Å². The summed E-state index contributed by atoms with van der Waals surface area (Å²) in [5.74, 6) is 0.864. The van der Waals surface area contributed by atoms with Crippen molar-refractivity contribution in [3.05, 3.63) is 59.9 Å². The van der Waals surface area contributed by atoms with Gasteiger partial charge in [-0.3, -0.25) is 19.6 Å². The molecule has 1 aromatic carbocycles. The predicted molar refractivity (Wildman–Crippen MR) is 100 cm³/mol. The van der Waals surface area contributed by atoms with Crippen molar-refractivity contribution in [1.82, 2.24) is 25.0 Å². The Labute approximate surface area is 161 Å². The van der Waals surface area contributed by atoms with Crippen LogP contribution in [0.15, 0.2) is 47.1 Å². The topological polar surface area (TPSA) is 121 Å². The number of furan rings is 1. The van der Waals surface area contributed by atoms with Crippen LogP contribution >= 0.6 is 0 Å². The van der Waals surface area contributed by atoms with Crippen molar-refractivity contribution in [3.8, 4) is 11.3 Å². The fourth-order valence-corrected chi connectivity index (χ4v) is 3.21. The monoisotopic (exact) mass is 380 g/mol. The summed E-state index contributed by atoms with van der Waals surface area (Å²) in [6.07, 6.45) is 1.50. The van der Waals surface area contributed by atoms with Gasteiger partial charge in [-0.05, 0) is 24.3 Å². The van der Waals surface area contributed by atoms with E-state index in [1.165, 1.54) is 12.4 Å². The van der Waals surface area contributed by atoms with Crippen LogP contribution in [-0.4, -0.2) is 63.0 Å². The minimum atomic E-state index is -0.611. The molecule has 3 heterocycles. The minimum Gasteiger partial charge on any atom is -0.451 e. The number of carbonyl (C=O) groups is 2. The fraction of sp³-hybridized carbons (Fsp3) is 0.263. The van der Waals surface area contributed by atoms with Gasteiger partial charge in [0.05, 0.1) is 6.54 Å². The summed E-state index contributed by atoms with van der Waals surface area (Å²) in [5, 5.41) is 6.71. The van der Waals surface area contributed by atoms with Crippen molar-refractivity contribution >= 4 is 11.8 Å². The lowest BCUT2D eigenvalue weighted by Crippen LogP contribution is -2.48. The molecule has 144 valence electrons. The van der Waals surface area contributed by atoms with Crippen LogP contribution < -0.4 is 5.73 Å². The first-order valence-electron chi connectivity index (χ1n) is 8.96. The minimum absolute atomic E-state index is 0.00290. The van der Waals surface area contributed by atoms with Crippen LogP contribution in [0.1, 0.15) is 26.7 Å². The van der Waals surface area contributed by atoms with Crippen molar-refractivity contribution in [2.45, 2.75) is 6.54 Å². The molecule has 0 radical (unpaired) electrons. The summed E-state index contributed by atoms with van der Waals surface area (Å²) in [4.78, 5) is 32.1. The molecule has 0 unspecified atom stereocenters. The standard InChI is InChI=1S/C19H20N6O3/c20-18(26)16-6-5-15(28-16)13-1-3-14(4-2-13)19(27)25-9-7-24(8-10-25)11-17-21-12-22-23-17/h1-6,12H,7-11H2,(H2,20,26)(H,21,22,23). The molecule has 1 aliphatic rings. The second kappa shape index (κ2) is 7.65. The Morgan fingerprint density at radius 3 is 2.43 bits per heavy atom. The van der Waals surface area contributed by atoms with Crippen LogP contribution in [0.2, 0.25) is 0 Å². The molecule has 0 saturated carbocycles. The molecule has 2 amide bonds. The summed E-state index contributed by atoms with van der Waals surface area (Å²) in [5.41, 5.74) is 6.60. The predicted octanol–water partition coefficient (Wildman–Crippen LogP) is 1.12. The van der Waals surface area contributed by atoms with Gasteiger partial charge in [0, 0.05) is 37.3 Å². The summed E-state index contributed by atoms with van der Waals surface area (Å²) in [7, 11) is 0. The number of aromatic amines is 1. The van der Waals surface area contributed by atoms with Crippen LogP contribution in [0.4, 0.5) is 0 Å². The Hall–Kier alpha value is -3.46. The smallest absolute Gasteiger partial charge is 0.284 e. The van der Waals surface area contributed by atoms with Gasteiger partial charge in [0.15, 0.2) is 5.76 Å². The maximum atomic E-state index is 12.8. The Morgan fingerprint density at radius 1 is 1.07 bits per heavy atom. The van der Waals surface area contributed by atoms with Crippen molar-refractivity contribution in [3.63, 3.8) is 0 Å². The molecular formula is C19H20N6O3. The number of primary amides is 1. The highest BCUT2D eigenvalue weighted by Gasteiger charge is 2.22. The van der Waals surface area contributed by atoms with Crippen LogP contribution in [0.3, 0.4) is 0 Å². The molecule has 1 fully saturated rings. The first-order valence-corrected chi connectivity index (χ1v) is 8.96. The van der Waals surface area contributed by atoms with E-state index in [-0.39, 0.29) is 11.7 Å². The van der Waals surface area contributed by atoms with Gasteiger partial charge in [-0.15, -0.1) is 0 Å². The van der Waals surface area contributed by atoms with Gasteiger partial charge >= 0.3 is 0 Å². The molecule has 9 heteroatoms. The molecule has 3 N–H and O–H groups in total. The van der Waals surface area contributed by atoms with E-state index in [4.69, 9.17) is 10.2 Å². The van der Waals surface area contributed by atoms with E-state index in [1.54, 1.807) is 30.3 Å². The SMILES string of the molecule is NC(=O)c1ccc(-c2ccc(C(=O)N3CCN(Cc4ncn[nH]4)CC3)cc2)o1. The lowest BCUT2D eigenvalue weighted by Gasteiger charge is -2.34. The molecular weight excluding hydrogens is 360 g/mol. The summed E-state index contributed by atoms with van der Waals surface area (Å²) >= 11 is 0. The van der Waals surface area contributed by atoms with E-state index in [0.29, 0.717) is 31.0 Å². The van der Waals surface area contributed by atoms with Gasteiger partial charge in [0.1, 0.15) is 17.9 Å². The average molecular weight is 380 g/mol. The molecule has 2 aromatic heterocycles. The normalized spacial score (nSPS) is 14.9. The highest BCUT2D eigenvalue weighted by Crippen LogP contribution is 2.23. The van der Waals surface area contributed by atoms with Gasteiger partial charge in [-0.1, -0.05) is 12.1 Å². The lowest BCUT2D eigenvalue weighted by molar-refractivity contribution is 0.0625. The maximum absolute atomic E-state index is 12.8. The molecule has 0 aliphatic carbocycles. The first kappa shape index (κ1) is 17.9. The Bertz CT molecular complexity index is 956. The van der Waals surface area contributed by atoms with Crippen molar-refractivity contribution in [2.24, 2.45) is 5.73 Å². The number of H-pyrrole nitrogens is 1. The number of amides is 2. The average Bonchev–Trinajstić information content (AvgIpc) is 3.40. The molecule has 0 atom stereocenters. The quantitative estimate of drug-likeness (QED) is 0.684. The van der Waals surface area contributed by atoms with Gasteiger partial charge < -0.3 is 15.1 Å². The number of nitrogens with one attached hydrogen (secondary N) is 1. The number of hydrogen-bond acceptors (Lipinski definition) is 6. The second-order valence-corrected chi connectivity index (χ2v) is 6.61. The van der Waals surface area contributed by atoms with Gasteiger partial charge in [0.25, 0.3) is 11.8 Å². The van der Waals surface area contributed by atoms with Crippen molar-refractivity contribution < 1.29 is 14.0 Å². The largest absolute Gasteiger partial charge is 0.451 e. The van der Waals surface area contributed by atoms with Gasteiger partial charge in [0.2, 0.25) is 0 Å². The van der Waals surface area contributed by atoms with E-state index >= 15 is 0 Å². The third-order valence-electron chi connectivity index (χ3n) is 4.76. The zero-order valence-electron chi connectivity index (χ0n) is 15.2. The molecule has 1 aliphatic heterocycles. The highest BCUT2D eigenvalue weighted by molar-refractivity contribution is 5.95. The number of aromatic nitrogens is 3. The number of carbonyl (C=O) groups excluding carboxylic acids is 2. The fourth-order valence-electron chi connectivity index (χ4n) is 3.21. The molecule has 3 aromatic rings. The van der Waals surface area contributed by atoms with Gasteiger partial charge in [-0.2, -0.15) is 5.10 Å². The Kier molecular flexibility index (Phi) is 4.90. The highest BCUT2D eigenvalue weighted by atomic mass is 16.3. The third-order valence-corrected chi connectivity index (χ3v) is 4.76. The maximum Gasteiger partial charge on any atom is 0.284 e. The van der Waals surface area contributed by atoms with Crippen LogP contribution in [0.5, 0.6) is 0 Å². The summed E-state index contributed by atoms with van der Waals surface area (Å²) in [6, 6.07) is 10.4. The van der Waals surface area contributed by atoms with Crippen LogP contribution in [0, 0.1) is 0 Å². The molecule has 9 nitrogen and oxygen atoms in total. The van der Waals surface area contributed by atoms with E-state index < -0.39 is 5.91 Å². The number of piperazine rings is 1. The van der Waals surface area contributed by atoms with Crippen molar-refractivity contribution in [1.29, 1.82) is 0 Å². The lowest BCUT2D eigenvalue weighted by atomic mass is 10.1. The number of nitrogens with two attached hydrogens (primary N) is 1. The molecule has 1 saturated heterocycles. The molecule has 28 heavy (non-hydrogen) atoms. The molecule has 0 spiro atoms. The third kappa shape index (κ3) is 3.79. The zero-order valence-corrected chi connectivity index (χ0v) is 15.2. The van der Waals surface area contributed by atoms with Crippen LogP contribution in [-0.2, 0) is 6.54 Å². The first-order chi connectivity index (χ1) is 13.6. The number of rotatable bonds is 5.